The van der Waals surface area contributed by atoms with Crippen LogP contribution in [0.4, 0.5) is 4.79 Å². The van der Waals surface area contributed by atoms with E-state index < -0.39 is 0 Å². The minimum atomic E-state index is -0.208. The maximum absolute atomic E-state index is 12.2. The van der Waals surface area contributed by atoms with Crippen molar-refractivity contribution in [1.82, 2.24) is 9.80 Å². The molecule has 21 heavy (non-hydrogen) atoms. The molecule has 1 atom stereocenters. The van der Waals surface area contributed by atoms with E-state index in [1.807, 2.05) is 35.2 Å². The highest BCUT2D eigenvalue weighted by molar-refractivity contribution is 5.68. The quantitative estimate of drug-likeness (QED) is 0.839. The molecule has 0 aliphatic carbocycles. The topological polar surface area (TPSA) is 32.8 Å². The number of benzene rings is 1. The van der Waals surface area contributed by atoms with Crippen molar-refractivity contribution >= 4 is 6.09 Å². The first-order valence-electron chi connectivity index (χ1n) is 7.60. The predicted molar refractivity (Wildman–Crippen MR) is 84.1 cm³/mol. The Morgan fingerprint density at radius 3 is 2.48 bits per heavy atom. The van der Waals surface area contributed by atoms with Gasteiger partial charge in [0.15, 0.2) is 0 Å². The SMILES string of the molecule is C[C@H]1CN(C(C)(C)C)CCN1C(=O)OCc1ccccc1. The monoisotopic (exact) mass is 290 g/mol. The van der Waals surface area contributed by atoms with E-state index in [-0.39, 0.29) is 17.7 Å². The summed E-state index contributed by atoms with van der Waals surface area (Å²) in [5, 5.41) is 0. The molecule has 1 saturated heterocycles. The van der Waals surface area contributed by atoms with Crippen LogP contribution in [-0.4, -0.2) is 47.1 Å². The molecule has 0 radical (unpaired) electrons. The number of nitrogens with zero attached hydrogens (tertiary/aromatic N) is 2. The first kappa shape index (κ1) is 15.8. The second kappa shape index (κ2) is 6.48. The lowest BCUT2D eigenvalue weighted by Crippen LogP contribution is -2.58. The molecule has 116 valence electrons. The normalized spacial score (nSPS) is 20.4. The molecule has 1 heterocycles. The number of hydrogen-bond donors (Lipinski definition) is 0. The van der Waals surface area contributed by atoms with Crippen LogP contribution in [0.15, 0.2) is 30.3 Å². The highest BCUT2D eigenvalue weighted by Crippen LogP contribution is 2.20. The maximum atomic E-state index is 12.2. The number of ether oxygens (including phenoxy) is 1. The van der Waals surface area contributed by atoms with Crippen molar-refractivity contribution in [2.75, 3.05) is 19.6 Å². The predicted octanol–water partition coefficient (Wildman–Crippen LogP) is 3.13. The van der Waals surface area contributed by atoms with E-state index in [1.54, 1.807) is 0 Å². The van der Waals surface area contributed by atoms with Gasteiger partial charge >= 0.3 is 6.09 Å². The van der Waals surface area contributed by atoms with E-state index in [0.717, 1.165) is 25.2 Å². The second-order valence-corrected chi connectivity index (χ2v) is 6.70. The van der Waals surface area contributed by atoms with Crippen molar-refractivity contribution in [3.63, 3.8) is 0 Å². The van der Waals surface area contributed by atoms with Gasteiger partial charge in [-0.3, -0.25) is 4.90 Å². The molecule has 0 spiro atoms. The van der Waals surface area contributed by atoms with E-state index >= 15 is 0 Å². The third-order valence-electron chi connectivity index (χ3n) is 4.02. The van der Waals surface area contributed by atoms with Crippen molar-refractivity contribution in [3.8, 4) is 0 Å². The summed E-state index contributed by atoms with van der Waals surface area (Å²) in [6.45, 7) is 11.6. The molecular formula is C17H26N2O2. The Morgan fingerprint density at radius 2 is 1.90 bits per heavy atom. The van der Waals surface area contributed by atoms with Gasteiger partial charge in [0, 0.05) is 31.2 Å². The average Bonchev–Trinajstić information content (AvgIpc) is 2.45. The Labute approximate surface area is 127 Å². The van der Waals surface area contributed by atoms with Gasteiger partial charge in [0.05, 0.1) is 0 Å². The first-order valence-corrected chi connectivity index (χ1v) is 7.60. The zero-order chi connectivity index (χ0) is 15.5. The van der Waals surface area contributed by atoms with E-state index in [4.69, 9.17) is 4.74 Å². The third kappa shape index (κ3) is 4.21. The summed E-state index contributed by atoms with van der Waals surface area (Å²) in [4.78, 5) is 16.5. The standard InChI is InChI=1S/C17H26N2O2/c1-14-12-18(17(2,3)4)10-11-19(14)16(20)21-13-15-8-6-5-7-9-15/h5-9,14H,10-13H2,1-4H3/t14-/m0/s1. The molecule has 1 aromatic carbocycles. The van der Waals surface area contributed by atoms with Crippen LogP contribution < -0.4 is 0 Å². The van der Waals surface area contributed by atoms with Crippen LogP contribution >= 0.6 is 0 Å². The molecule has 0 aromatic heterocycles. The summed E-state index contributed by atoms with van der Waals surface area (Å²) in [5.41, 5.74) is 1.17. The fraction of sp³-hybridized carbons (Fsp3) is 0.588. The molecule has 0 unspecified atom stereocenters. The molecule has 0 bridgehead atoms. The van der Waals surface area contributed by atoms with Gasteiger partial charge in [-0.05, 0) is 33.3 Å². The Bertz CT molecular complexity index is 467. The molecule has 0 N–H and O–H groups in total. The zero-order valence-corrected chi connectivity index (χ0v) is 13.5. The van der Waals surface area contributed by atoms with Crippen molar-refractivity contribution in [3.05, 3.63) is 35.9 Å². The Hall–Kier alpha value is -1.55. The van der Waals surface area contributed by atoms with Gasteiger partial charge < -0.3 is 9.64 Å². The van der Waals surface area contributed by atoms with Gasteiger partial charge in [-0.25, -0.2) is 4.79 Å². The van der Waals surface area contributed by atoms with Crippen molar-refractivity contribution in [2.45, 2.75) is 45.9 Å². The minimum Gasteiger partial charge on any atom is -0.445 e. The van der Waals surface area contributed by atoms with Gasteiger partial charge in [-0.15, -0.1) is 0 Å². The van der Waals surface area contributed by atoms with Gasteiger partial charge in [0.1, 0.15) is 6.61 Å². The summed E-state index contributed by atoms with van der Waals surface area (Å²) in [6.07, 6.45) is -0.208. The molecule has 4 nitrogen and oxygen atoms in total. The van der Waals surface area contributed by atoms with Crippen LogP contribution in [0, 0.1) is 0 Å². The number of carbonyl (C=O) groups excluding carboxylic acids is 1. The number of amides is 1. The smallest absolute Gasteiger partial charge is 0.410 e. The van der Waals surface area contributed by atoms with Gasteiger partial charge in [0.25, 0.3) is 0 Å². The van der Waals surface area contributed by atoms with Crippen molar-refractivity contribution < 1.29 is 9.53 Å². The summed E-state index contributed by atoms with van der Waals surface area (Å²) >= 11 is 0. The Kier molecular flexibility index (Phi) is 4.88. The fourth-order valence-electron chi connectivity index (χ4n) is 2.64. The number of carbonyl (C=O) groups is 1. The van der Waals surface area contributed by atoms with Crippen LogP contribution in [0.5, 0.6) is 0 Å². The second-order valence-electron chi connectivity index (χ2n) is 6.70. The zero-order valence-electron chi connectivity index (χ0n) is 13.5. The van der Waals surface area contributed by atoms with Crippen LogP contribution in [0.3, 0.4) is 0 Å². The van der Waals surface area contributed by atoms with Gasteiger partial charge in [0.2, 0.25) is 0 Å². The lowest BCUT2D eigenvalue weighted by atomic mass is 10.0. The summed E-state index contributed by atoms with van der Waals surface area (Å²) in [5.74, 6) is 0. The molecule has 1 aliphatic heterocycles. The Morgan fingerprint density at radius 1 is 1.24 bits per heavy atom. The maximum Gasteiger partial charge on any atom is 0.410 e. The van der Waals surface area contributed by atoms with E-state index in [2.05, 4.69) is 32.6 Å². The molecule has 2 rings (SSSR count). The van der Waals surface area contributed by atoms with Crippen LogP contribution in [0.25, 0.3) is 0 Å². The molecule has 1 amide bonds. The van der Waals surface area contributed by atoms with Gasteiger partial charge in [-0.2, -0.15) is 0 Å². The highest BCUT2D eigenvalue weighted by atomic mass is 16.6. The highest BCUT2D eigenvalue weighted by Gasteiger charge is 2.32. The lowest BCUT2D eigenvalue weighted by molar-refractivity contribution is 0.0176. The van der Waals surface area contributed by atoms with Crippen LogP contribution in [0.1, 0.15) is 33.3 Å². The molecule has 0 saturated carbocycles. The van der Waals surface area contributed by atoms with E-state index in [1.165, 1.54) is 0 Å². The van der Waals surface area contributed by atoms with Crippen molar-refractivity contribution in [1.29, 1.82) is 0 Å². The fourth-order valence-corrected chi connectivity index (χ4v) is 2.64. The summed E-state index contributed by atoms with van der Waals surface area (Å²) < 4.78 is 5.43. The van der Waals surface area contributed by atoms with Crippen LogP contribution in [0.2, 0.25) is 0 Å². The molecule has 1 aromatic rings. The molecule has 1 aliphatic rings. The minimum absolute atomic E-state index is 0.147. The van der Waals surface area contributed by atoms with E-state index in [0.29, 0.717) is 6.61 Å². The number of hydrogen-bond acceptors (Lipinski definition) is 3. The summed E-state index contributed by atoms with van der Waals surface area (Å²) in [6, 6.07) is 9.98. The summed E-state index contributed by atoms with van der Waals surface area (Å²) in [7, 11) is 0. The lowest BCUT2D eigenvalue weighted by Gasteiger charge is -2.45. The van der Waals surface area contributed by atoms with E-state index in [9.17, 15) is 4.79 Å². The average molecular weight is 290 g/mol. The largest absolute Gasteiger partial charge is 0.445 e. The van der Waals surface area contributed by atoms with Crippen molar-refractivity contribution in [2.24, 2.45) is 0 Å². The number of rotatable bonds is 2. The Balaban J connectivity index is 1.86. The van der Waals surface area contributed by atoms with Gasteiger partial charge in [-0.1, -0.05) is 30.3 Å². The molecular weight excluding hydrogens is 264 g/mol. The number of piperazine rings is 1. The molecule has 1 fully saturated rings. The third-order valence-corrected chi connectivity index (χ3v) is 4.02. The van der Waals surface area contributed by atoms with Crippen LogP contribution in [-0.2, 0) is 11.3 Å². The first-order chi connectivity index (χ1) is 9.88. The molecule has 4 heteroatoms.